The molecule has 1 amide bonds. The number of hydrogen-bond donors (Lipinski definition) is 0. The lowest BCUT2D eigenvalue weighted by Crippen LogP contribution is -2.23. The number of rotatable bonds is 1. The fraction of sp³-hybridized carbons (Fsp3) is 0.167. The molecule has 0 N–H and O–H groups in total. The van der Waals surface area contributed by atoms with E-state index in [9.17, 15) is 4.79 Å². The molecule has 1 aromatic heterocycles. The third-order valence-corrected chi connectivity index (χ3v) is 3.33. The molecular formula is C12H10BrN3O. The Bertz CT molecular complexity index is 606. The smallest absolute Gasteiger partial charge is 0.260 e. The summed E-state index contributed by atoms with van der Waals surface area (Å²) in [7, 11) is 1.89. The number of carbonyl (C=O) groups is 1. The van der Waals surface area contributed by atoms with Crippen LogP contribution >= 0.6 is 15.9 Å². The average Bonchev–Trinajstić information content (AvgIpc) is 2.83. The molecule has 0 saturated heterocycles. The summed E-state index contributed by atoms with van der Waals surface area (Å²) in [4.78, 5) is 18.1. The van der Waals surface area contributed by atoms with Crippen molar-refractivity contribution in [2.45, 2.75) is 6.54 Å². The van der Waals surface area contributed by atoms with Gasteiger partial charge >= 0.3 is 0 Å². The number of fused-ring (bicyclic) bond motifs is 1. The summed E-state index contributed by atoms with van der Waals surface area (Å²) in [6.07, 6.45) is 3.54. The molecule has 17 heavy (non-hydrogen) atoms. The van der Waals surface area contributed by atoms with Crippen molar-refractivity contribution in [1.29, 1.82) is 0 Å². The summed E-state index contributed by atoms with van der Waals surface area (Å²) in [5.74, 6) is 0.719. The van der Waals surface area contributed by atoms with Gasteiger partial charge < -0.3 is 4.57 Å². The number of aryl methyl sites for hydroxylation is 1. The molecule has 0 bridgehead atoms. The Morgan fingerprint density at radius 2 is 2.24 bits per heavy atom. The van der Waals surface area contributed by atoms with Gasteiger partial charge in [0.2, 0.25) is 0 Å². The first-order chi connectivity index (χ1) is 8.15. The van der Waals surface area contributed by atoms with Crippen molar-refractivity contribution >= 4 is 27.7 Å². The summed E-state index contributed by atoms with van der Waals surface area (Å²) in [5, 5.41) is 0. The van der Waals surface area contributed by atoms with Crippen molar-refractivity contribution in [3.63, 3.8) is 0 Å². The number of carbonyl (C=O) groups excluding carboxylic acids is 1. The fourth-order valence-electron chi connectivity index (χ4n) is 2.01. The molecule has 0 aliphatic carbocycles. The van der Waals surface area contributed by atoms with Gasteiger partial charge in [0.1, 0.15) is 0 Å². The van der Waals surface area contributed by atoms with Crippen LogP contribution in [0, 0.1) is 0 Å². The van der Waals surface area contributed by atoms with Crippen LogP contribution in [-0.2, 0) is 13.6 Å². The van der Waals surface area contributed by atoms with Gasteiger partial charge in [-0.25, -0.2) is 4.98 Å². The molecule has 86 valence electrons. The summed E-state index contributed by atoms with van der Waals surface area (Å²) in [6, 6.07) is 5.72. The van der Waals surface area contributed by atoms with Crippen molar-refractivity contribution < 1.29 is 4.79 Å². The van der Waals surface area contributed by atoms with E-state index in [1.165, 1.54) is 0 Å². The predicted octanol–water partition coefficient (Wildman–Crippen LogP) is 2.34. The second-order valence-electron chi connectivity index (χ2n) is 4.09. The summed E-state index contributed by atoms with van der Waals surface area (Å²) >= 11 is 3.42. The third-order valence-electron chi connectivity index (χ3n) is 2.84. The highest BCUT2D eigenvalue weighted by Crippen LogP contribution is 2.28. The first-order valence-electron chi connectivity index (χ1n) is 5.23. The lowest BCUT2D eigenvalue weighted by molar-refractivity contribution is 0.0996. The predicted molar refractivity (Wildman–Crippen MR) is 67.9 cm³/mol. The first-order valence-corrected chi connectivity index (χ1v) is 6.03. The van der Waals surface area contributed by atoms with Crippen LogP contribution < -0.4 is 4.90 Å². The Morgan fingerprint density at radius 1 is 1.41 bits per heavy atom. The molecule has 2 aromatic rings. The second kappa shape index (κ2) is 3.70. The van der Waals surface area contributed by atoms with Crippen molar-refractivity contribution in [3.8, 4) is 0 Å². The Labute approximate surface area is 107 Å². The minimum absolute atomic E-state index is 0.0196. The number of nitrogens with zero attached hydrogens (tertiary/aromatic N) is 3. The standard InChI is InChI=1S/C12H10BrN3O/c1-15-6-11(14-7-15)16-5-8-4-9(13)2-3-10(8)12(16)17/h2-4,6-7H,5H2,1H3. The van der Waals surface area contributed by atoms with E-state index in [1.54, 1.807) is 11.2 Å². The number of aromatic nitrogens is 2. The molecule has 1 aliphatic heterocycles. The summed E-state index contributed by atoms with van der Waals surface area (Å²) in [6.45, 7) is 0.588. The molecular weight excluding hydrogens is 282 g/mol. The Balaban J connectivity index is 2.01. The molecule has 0 radical (unpaired) electrons. The van der Waals surface area contributed by atoms with Crippen molar-refractivity contribution in [1.82, 2.24) is 9.55 Å². The molecule has 0 saturated carbocycles. The number of amides is 1. The zero-order valence-corrected chi connectivity index (χ0v) is 10.8. The maximum Gasteiger partial charge on any atom is 0.260 e. The summed E-state index contributed by atoms with van der Waals surface area (Å²) < 4.78 is 2.83. The molecule has 2 heterocycles. The van der Waals surface area contributed by atoms with Crippen LogP contribution in [0.4, 0.5) is 5.82 Å². The van der Waals surface area contributed by atoms with Gasteiger partial charge in [-0.05, 0) is 23.8 Å². The van der Waals surface area contributed by atoms with Gasteiger partial charge in [-0.3, -0.25) is 9.69 Å². The SMILES string of the molecule is Cn1cnc(N2Cc3cc(Br)ccc3C2=O)c1. The minimum Gasteiger partial charge on any atom is -0.338 e. The van der Waals surface area contributed by atoms with E-state index in [2.05, 4.69) is 20.9 Å². The van der Waals surface area contributed by atoms with E-state index in [0.717, 1.165) is 15.6 Å². The molecule has 0 spiro atoms. The summed E-state index contributed by atoms with van der Waals surface area (Å²) in [5.41, 5.74) is 1.80. The molecule has 5 heteroatoms. The Hall–Kier alpha value is -1.62. The van der Waals surface area contributed by atoms with Gasteiger partial charge in [-0.2, -0.15) is 0 Å². The number of hydrogen-bond acceptors (Lipinski definition) is 2. The molecule has 0 atom stereocenters. The van der Waals surface area contributed by atoms with E-state index < -0.39 is 0 Å². The van der Waals surface area contributed by atoms with Gasteiger partial charge in [-0.1, -0.05) is 15.9 Å². The van der Waals surface area contributed by atoms with Crippen LogP contribution in [0.25, 0.3) is 0 Å². The minimum atomic E-state index is 0.0196. The van der Waals surface area contributed by atoms with E-state index in [0.29, 0.717) is 12.4 Å². The van der Waals surface area contributed by atoms with Gasteiger partial charge in [0.25, 0.3) is 5.91 Å². The van der Waals surface area contributed by atoms with Crippen LogP contribution in [-0.4, -0.2) is 15.5 Å². The van der Waals surface area contributed by atoms with Crippen molar-refractivity contribution in [2.75, 3.05) is 4.90 Å². The molecule has 1 aromatic carbocycles. The van der Waals surface area contributed by atoms with Crippen LogP contribution in [0.1, 0.15) is 15.9 Å². The fourth-order valence-corrected chi connectivity index (χ4v) is 2.42. The highest BCUT2D eigenvalue weighted by atomic mass is 79.9. The highest BCUT2D eigenvalue weighted by Gasteiger charge is 2.29. The monoisotopic (exact) mass is 291 g/mol. The van der Waals surface area contributed by atoms with Crippen LogP contribution in [0.2, 0.25) is 0 Å². The molecule has 3 rings (SSSR count). The van der Waals surface area contributed by atoms with E-state index >= 15 is 0 Å². The van der Waals surface area contributed by atoms with E-state index in [1.807, 2.05) is 36.0 Å². The maximum absolute atomic E-state index is 12.2. The zero-order valence-electron chi connectivity index (χ0n) is 9.22. The van der Waals surface area contributed by atoms with E-state index in [4.69, 9.17) is 0 Å². The lowest BCUT2D eigenvalue weighted by Gasteiger charge is -2.11. The second-order valence-corrected chi connectivity index (χ2v) is 5.01. The number of benzene rings is 1. The molecule has 1 aliphatic rings. The van der Waals surface area contributed by atoms with Crippen molar-refractivity contribution in [2.24, 2.45) is 7.05 Å². The number of halogens is 1. The Morgan fingerprint density at radius 3 is 2.94 bits per heavy atom. The lowest BCUT2D eigenvalue weighted by atomic mass is 10.1. The number of anilines is 1. The van der Waals surface area contributed by atoms with Crippen molar-refractivity contribution in [3.05, 3.63) is 46.3 Å². The molecule has 0 fully saturated rings. The number of imidazole rings is 1. The topological polar surface area (TPSA) is 38.1 Å². The Kier molecular flexibility index (Phi) is 2.29. The van der Waals surface area contributed by atoms with Gasteiger partial charge in [0.15, 0.2) is 5.82 Å². The van der Waals surface area contributed by atoms with Gasteiger partial charge in [-0.15, -0.1) is 0 Å². The van der Waals surface area contributed by atoms with Crippen LogP contribution in [0.3, 0.4) is 0 Å². The van der Waals surface area contributed by atoms with Gasteiger partial charge in [0, 0.05) is 23.3 Å². The van der Waals surface area contributed by atoms with Gasteiger partial charge in [0.05, 0.1) is 12.9 Å². The maximum atomic E-state index is 12.2. The average molecular weight is 292 g/mol. The molecule has 0 unspecified atom stereocenters. The zero-order chi connectivity index (χ0) is 12.0. The quantitative estimate of drug-likeness (QED) is 0.809. The third kappa shape index (κ3) is 1.67. The largest absolute Gasteiger partial charge is 0.338 e. The highest BCUT2D eigenvalue weighted by molar-refractivity contribution is 9.10. The van der Waals surface area contributed by atoms with E-state index in [-0.39, 0.29) is 5.91 Å². The van der Waals surface area contributed by atoms with Crippen LogP contribution in [0.5, 0.6) is 0 Å². The van der Waals surface area contributed by atoms with Crippen LogP contribution in [0.15, 0.2) is 35.2 Å². The first kappa shape index (κ1) is 10.5. The molecule has 4 nitrogen and oxygen atoms in total. The normalized spacial score (nSPS) is 14.2.